The molecule has 2 heterocycles. The molecule has 15 nitrogen and oxygen atoms in total. The van der Waals surface area contributed by atoms with E-state index in [1.807, 2.05) is 0 Å². The van der Waals surface area contributed by atoms with Gasteiger partial charge < -0.3 is 39.7 Å². The van der Waals surface area contributed by atoms with Crippen LogP contribution in [-0.4, -0.2) is 106 Å². The highest BCUT2D eigenvalue weighted by molar-refractivity contribution is 8.13. The molecule has 0 aromatic carbocycles. The Morgan fingerprint density at radius 1 is 1.25 bits per heavy atom. The lowest BCUT2D eigenvalue weighted by Crippen LogP contribution is -2.55. The molecular weight excluding hydrogens is 573 g/mol. The number of nitrogens with one attached hydrogen (secondary N) is 2. The van der Waals surface area contributed by atoms with Crippen LogP contribution in [0.5, 0.6) is 0 Å². The maximum Gasteiger partial charge on any atom is 0.406 e. The van der Waals surface area contributed by atoms with Crippen molar-refractivity contribution in [1.82, 2.24) is 15.3 Å². The number of aliphatic hydroxyl groups is 3. The molecule has 2 aliphatic rings. The molecule has 1 fully saturated rings. The number of carbonyl (C=O) groups is 3. The zero-order valence-corrected chi connectivity index (χ0v) is 25.3. The van der Waals surface area contributed by atoms with Crippen molar-refractivity contribution in [3.8, 4) is 0 Å². The van der Waals surface area contributed by atoms with Crippen molar-refractivity contribution in [3.63, 3.8) is 0 Å². The summed E-state index contributed by atoms with van der Waals surface area (Å²) >= 11 is 0.974. The van der Waals surface area contributed by atoms with Crippen molar-refractivity contribution in [3.05, 3.63) is 12.3 Å². The van der Waals surface area contributed by atoms with Gasteiger partial charge in [-0.2, -0.15) is 0 Å². The fourth-order valence-corrected chi connectivity index (χ4v) is 5.87. The summed E-state index contributed by atoms with van der Waals surface area (Å²) < 4.78 is 40.9. The lowest BCUT2D eigenvalue weighted by atomic mass is 10.00. The molecule has 5 N–H and O–H groups in total. The zero-order chi connectivity index (χ0) is 30.5. The van der Waals surface area contributed by atoms with Gasteiger partial charge in [0.1, 0.15) is 24.9 Å². The van der Waals surface area contributed by atoms with Crippen molar-refractivity contribution >= 4 is 36.5 Å². The van der Waals surface area contributed by atoms with Gasteiger partial charge in [0, 0.05) is 30.6 Å². The topological polar surface area (TPSA) is 202 Å². The predicted molar refractivity (Wildman–Crippen MR) is 142 cm³/mol. The average Bonchev–Trinajstić information content (AvgIpc) is 3.10. The summed E-state index contributed by atoms with van der Waals surface area (Å²) in [4.78, 5) is 37.1. The average molecular weight is 614 g/mol. The van der Waals surface area contributed by atoms with Crippen LogP contribution < -0.4 is 10.4 Å². The summed E-state index contributed by atoms with van der Waals surface area (Å²) in [5.41, 5.74) is -0.601. The number of rotatable bonds is 13. The molecular formula is C23H40N3O12PS. The Hall–Kier alpha value is -1.59. The maximum absolute atomic E-state index is 13.7. The van der Waals surface area contributed by atoms with Crippen molar-refractivity contribution in [2.75, 3.05) is 26.1 Å². The minimum Gasteiger partial charge on any atom is -0.462 e. The summed E-state index contributed by atoms with van der Waals surface area (Å²) in [6.07, 6.45) is -4.68. The second-order valence-electron chi connectivity index (χ2n) is 10.4. The predicted octanol–water partition coefficient (Wildman–Crippen LogP) is 0.00550. The Balaban J connectivity index is 2.19. The second kappa shape index (κ2) is 14.1. The van der Waals surface area contributed by atoms with E-state index >= 15 is 0 Å². The van der Waals surface area contributed by atoms with Gasteiger partial charge in [0.25, 0.3) is 0 Å². The monoisotopic (exact) mass is 613 g/mol. The quantitative estimate of drug-likeness (QED) is 0.105. The molecule has 0 aliphatic carbocycles. The van der Waals surface area contributed by atoms with Gasteiger partial charge in [-0.25, -0.2) is 9.65 Å². The highest BCUT2D eigenvalue weighted by Gasteiger charge is 2.58. The summed E-state index contributed by atoms with van der Waals surface area (Å²) in [5.74, 6) is -3.31. The Kier molecular flexibility index (Phi) is 12.2. The van der Waals surface area contributed by atoms with Gasteiger partial charge in [0.15, 0.2) is 11.3 Å². The summed E-state index contributed by atoms with van der Waals surface area (Å²) in [6, 6.07) is -1.15. The molecule has 2 aliphatic heterocycles. The van der Waals surface area contributed by atoms with Crippen LogP contribution in [0.15, 0.2) is 12.3 Å². The van der Waals surface area contributed by atoms with E-state index in [0.717, 1.165) is 36.0 Å². The number of methoxy groups -OCH3 is 1. The number of aliphatic hydroxyl groups excluding tert-OH is 3. The van der Waals surface area contributed by atoms with Gasteiger partial charge in [-0.15, -0.1) is 0 Å². The van der Waals surface area contributed by atoms with Crippen molar-refractivity contribution < 1.29 is 57.5 Å². The number of thioether (sulfide) groups is 1. The summed E-state index contributed by atoms with van der Waals surface area (Å²) in [5, 5.41) is 36.2. The molecule has 0 spiro atoms. The molecule has 40 heavy (non-hydrogen) atoms. The van der Waals surface area contributed by atoms with Crippen molar-refractivity contribution in [2.45, 2.75) is 84.3 Å². The standard InChI is InChI=1S/C23H40N3O12PS/c1-13(2)37-19(30)14(3)25-39(33,35-10-11-40-20(31)22(4,5)6)36-12-23(34-7)17(29)16(28)18(38-23)26-9-8-15(27)24-21(26)32/h8-9,13-14,16-18,21,28-29,32H,10-12H2,1-7H3,(H,24,27)(H,25,33). The fraction of sp³-hybridized carbons (Fsp3) is 0.783. The van der Waals surface area contributed by atoms with Crippen molar-refractivity contribution in [2.24, 2.45) is 5.41 Å². The Bertz CT molecular complexity index is 993. The van der Waals surface area contributed by atoms with Crippen LogP contribution in [0.4, 0.5) is 0 Å². The van der Waals surface area contributed by atoms with Gasteiger partial charge in [0.2, 0.25) is 18.0 Å². The fourth-order valence-electron chi connectivity index (χ4n) is 3.47. The number of amides is 1. The van der Waals surface area contributed by atoms with E-state index in [1.54, 1.807) is 34.6 Å². The Morgan fingerprint density at radius 2 is 1.90 bits per heavy atom. The second-order valence-corrected chi connectivity index (χ2v) is 13.3. The number of ether oxygens (including phenoxy) is 3. The molecule has 1 amide bonds. The van der Waals surface area contributed by atoms with E-state index in [9.17, 15) is 34.3 Å². The van der Waals surface area contributed by atoms with E-state index in [2.05, 4.69) is 10.4 Å². The lowest BCUT2D eigenvalue weighted by Gasteiger charge is -2.36. The van der Waals surface area contributed by atoms with E-state index in [0.29, 0.717) is 0 Å². The minimum absolute atomic E-state index is 0.111. The molecule has 0 radical (unpaired) electrons. The van der Waals surface area contributed by atoms with Gasteiger partial charge in [0.05, 0.1) is 12.7 Å². The van der Waals surface area contributed by atoms with Gasteiger partial charge in [-0.3, -0.25) is 23.4 Å². The van der Waals surface area contributed by atoms with Crippen LogP contribution in [0.2, 0.25) is 0 Å². The van der Waals surface area contributed by atoms with E-state index < -0.39 is 74.4 Å². The largest absolute Gasteiger partial charge is 0.462 e. The number of nitrogens with zero attached hydrogens (tertiary/aromatic N) is 1. The molecule has 7 unspecified atom stereocenters. The SMILES string of the molecule is COC1(COP(=O)(NC(C)C(=O)OC(C)C)OCCSC(=O)C(C)(C)C)OC(N2C=CC(=O)NC2O)C(O)C1O. The summed E-state index contributed by atoms with van der Waals surface area (Å²) in [7, 11) is -3.22. The molecule has 230 valence electrons. The summed E-state index contributed by atoms with van der Waals surface area (Å²) in [6.45, 7) is 8.94. The maximum atomic E-state index is 13.7. The molecule has 2 rings (SSSR count). The van der Waals surface area contributed by atoms with E-state index in [4.69, 9.17) is 23.3 Å². The lowest BCUT2D eigenvalue weighted by molar-refractivity contribution is -0.276. The number of carbonyl (C=O) groups excluding carboxylic acids is 3. The first-order chi connectivity index (χ1) is 18.4. The van der Waals surface area contributed by atoms with E-state index in [-0.39, 0.29) is 17.5 Å². The van der Waals surface area contributed by atoms with E-state index in [1.165, 1.54) is 6.92 Å². The van der Waals surface area contributed by atoms with Crippen LogP contribution in [0.3, 0.4) is 0 Å². The molecule has 0 aromatic heterocycles. The van der Waals surface area contributed by atoms with Crippen LogP contribution in [0.1, 0.15) is 41.5 Å². The smallest absolute Gasteiger partial charge is 0.406 e. The normalized spacial score (nSPS) is 29.3. The number of hydrogen-bond acceptors (Lipinski definition) is 14. The third kappa shape index (κ3) is 8.95. The van der Waals surface area contributed by atoms with Crippen LogP contribution in [-0.2, 0) is 42.2 Å². The molecule has 7 atom stereocenters. The van der Waals surface area contributed by atoms with Crippen molar-refractivity contribution in [1.29, 1.82) is 0 Å². The van der Waals surface area contributed by atoms with Gasteiger partial charge in [-0.05, 0) is 20.8 Å². The highest BCUT2D eigenvalue weighted by Crippen LogP contribution is 2.47. The number of hydrogen-bond donors (Lipinski definition) is 5. The zero-order valence-electron chi connectivity index (χ0n) is 23.6. The van der Waals surface area contributed by atoms with Crippen LogP contribution in [0, 0.1) is 5.41 Å². The molecule has 17 heteroatoms. The van der Waals surface area contributed by atoms with Gasteiger partial charge >= 0.3 is 13.7 Å². The number of esters is 1. The molecule has 0 saturated carbocycles. The molecule has 0 bridgehead atoms. The highest BCUT2D eigenvalue weighted by atomic mass is 32.2. The molecule has 1 saturated heterocycles. The Labute approximate surface area is 237 Å². The molecule has 0 aromatic rings. The van der Waals surface area contributed by atoms with Crippen LogP contribution >= 0.6 is 19.5 Å². The first-order valence-corrected chi connectivity index (χ1v) is 15.1. The Morgan fingerprint density at radius 3 is 2.45 bits per heavy atom. The van der Waals surface area contributed by atoms with Crippen LogP contribution in [0.25, 0.3) is 0 Å². The van der Waals surface area contributed by atoms with Gasteiger partial charge in [-0.1, -0.05) is 32.5 Å². The minimum atomic E-state index is -4.36. The first kappa shape index (κ1) is 34.6. The first-order valence-electron chi connectivity index (χ1n) is 12.5. The third-order valence-electron chi connectivity index (χ3n) is 5.66. The third-order valence-corrected chi connectivity index (χ3v) is 8.60.